The lowest BCUT2D eigenvalue weighted by Gasteiger charge is -2.29. The third-order valence-electron chi connectivity index (χ3n) is 2.26. The molecular formula is C9H16O2. The van der Waals surface area contributed by atoms with Crippen molar-refractivity contribution in [3.05, 3.63) is 0 Å². The number of Topliss-reactive ketones (excluding diaryl/α,β-unsaturated/α-hetero) is 1. The molecule has 0 heterocycles. The summed E-state index contributed by atoms with van der Waals surface area (Å²) in [5.41, 5.74) is 0. The van der Waals surface area contributed by atoms with Crippen molar-refractivity contribution >= 4 is 5.78 Å². The number of ether oxygens (including phenoxy) is 1. The Morgan fingerprint density at radius 2 is 1.91 bits per heavy atom. The van der Waals surface area contributed by atoms with Gasteiger partial charge in [0.05, 0.1) is 12.2 Å². The van der Waals surface area contributed by atoms with E-state index in [1.807, 2.05) is 0 Å². The van der Waals surface area contributed by atoms with Crippen LogP contribution in [0.25, 0.3) is 0 Å². The summed E-state index contributed by atoms with van der Waals surface area (Å²) in [5.74, 6) is 0.886. The van der Waals surface area contributed by atoms with Gasteiger partial charge in [0.1, 0.15) is 5.78 Å². The molecule has 0 bridgehead atoms. The smallest absolute Gasteiger partial charge is 0.138 e. The lowest BCUT2D eigenvalue weighted by Crippen LogP contribution is -2.35. The van der Waals surface area contributed by atoms with Gasteiger partial charge in [-0.3, -0.25) is 4.79 Å². The minimum absolute atomic E-state index is 0.222. The van der Waals surface area contributed by atoms with Crippen LogP contribution in [0.1, 0.15) is 33.6 Å². The fourth-order valence-electron chi connectivity index (χ4n) is 1.01. The molecule has 0 aromatic carbocycles. The molecule has 1 fully saturated rings. The van der Waals surface area contributed by atoms with Crippen LogP contribution >= 0.6 is 0 Å². The molecule has 64 valence electrons. The van der Waals surface area contributed by atoms with Gasteiger partial charge < -0.3 is 4.74 Å². The van der Waals surface area contributed by atoms with Crippen molar-refractivity contribution in [1.82, 2.24) is 0 Å². The molecule has 1 atom stereocenters. The first-order valence-electron chi connectivity index (χ1n) is 4.26. The second-order valence-corrected chi connectivity index (χ2v) is 3.65. The van der Waals surface area contributed by atoms with Crippen molar-refractivity contribution in [2.45, 2.75) is 45.8 Å². The van der Waals surface area contributed by atoms with Crippen LogP contribution in [-0.4, -0.2) is 18.0 Å². The summed E-state index contributed by atoms with van der Waals surface area (Å²) in [7, 11) is 0. The van der Waals surface area contributed by atoms with E-state index in [0.29, 0.717) is 24.5 Å². The first kappa shape index (κ1) is 8.72. The zero-order valence-electron chi connectivity index (χ0n) is 7.46. The van der Waals surface area contributed by atoms with E-state index in [9.17, 15) is 4.79 Å². The molecule has 0 N–H and O–H groups in total. The molecule has 0 radical (unpaired) electrons. The Hall–Kier alpha value is -0.370. The Balaban J connectivity index is 2.16. The van der Waals surface area contributed by atoms with E-state index in [1.54, 1.807) is 0 Å². The van der Waals surface area contributed by atoms with Gasteiger partial charge >= 0.3 is 0 Å². The maximum Gasteiger partial charge on any atom is 0.138 e. The molecule has 0 aliphatic heterocycles. The zero-order chi connectivity index (χ0) is 8.43. The van der Waals surface area contributed by atoms with Crippen molar-refractivity contribution in [1.29, 1.82) is 0 Å². The third-order valence-corrected chi connectivity index (χ3v) is 2.26. The average molecular weight is 156 g/mol. The van der Waals surface area contributed by atoms with Gasteiger partial charge in [-0.25, -0.2) is 0 Å². The average Bonchev–Trinajstić information content (AvgIpc) is 1.84. The normalized spacial score (nSPS) is 22.0. The highest BCUT2D eigenvalue weighted by atomic mass is 16.5. The molecule has 1 unspecified atom stereocenters. The zero-order valence-corrected chi connectivity index (χ0v) is 7.46. The highest BCUT2D eigenvalue weighted by Gasteiger charge is 2.29. The Labute approximate surface area is 67.9 Å². The van der Waals surface area contributed by atoms with Gasteiger partial charge in [-0.05, 0) is 12.8 Å². The number of carbonyl (C=O) groups excluding carboxylic acids is 1. The van der Waals surface area contributed by atoms with E-state index in [0.717, 1.165) is 0 Å². The van der Waals surface area contributed by atoms with Gasteiger partial charge in [0.15, 0.2) is 0 Å². The molecule has 0 aromatic heterocycles. The number of carbonyl (C=O) groups is 1. The summed E-state index contributed by atoms with van der Waals surface area (Å²) in [5, 5.41) is 0. The molecule has 1 aliphatic rings. The van der Waals surface area contributed by atoms with Crippen molar-refractivity contribution in [3.8, 4) is 0 Å². The molecule has 0 saturated heterocycles. The Kier molecular flexibility index (Phi) is 2.66. The van der Waals surface area contributed by atoms with Crippen LogP contribution in [0.5, 0.6) is 0 Å². The Morgan fingerprint density at radius 3 is 2.27 bits per heavy atom. The summed E-state index contributed by atoms with van der Waals surface area (Å²) in [6.07, 6.45) is 1.78. The van der Waals surface area contributed by atoms with Crippen molar-refractivity contribution in [2.75, 3.05) is 0 Å². The van der Waals surface area contributed by atoms with Crippen LogP contribution in [0.2, 0.25) is 0 Å². The van der Waals surface area contributed by atoms with Crippen LogP contribution in [0, 0.1) is 5.92 Å². The molecule has 0 aromatic rings. The fraction of sp³-hybridized carbons (Fsp3) is 0.889. The van der Waals surface area contributed by atoms with Crippen LogP contribution in [0.15, 0.2) is 0 Å². The summed E-state index contributed by atoms with van der Waals surface area (Å²) >= 11 is 0. The standard InChI is InChI=1S/C9H16O2/c1-6(2)7(3)11-9-4-8(10)5-9/h6-7,9H,4-5H2,1-3H3. The van der Waals surface area contributed by atoms with Crippen LogP contribution < -0.4 is 0 Å². The number of hydrogen-bond donors (Lipinski definition) is 0. The first-order chi connectivity index (χ1) is 5.09. The van der Waals surface area contributed by atoms with E-state index in [4.69, 9.17) is 4.74 Å². The summed E-state index contributed by atoms with van der Waals surface area (Å²) < 4.78 is 5.60. The molecule has 11 heavy (non-hydrogen) atoms. The third kappa shape index (κ3) is 2.29. The second kappa shape index (κ2) is 3.35. The van der Waals surface area contributed by atoms with Gasteiger partial charge in [0.25, 0.3) is 0 Å². The number of rotatable bonds is 3. The van der Waals surface area contributed by atoms with Gasteiger partial charge in [-0.1, -0.05) is 13.8 Å². The van der Waals surface area contributed by atoms with E-state index < -0.39 is 0 Å². The van der Waals surface area contributed by atoms with Gasteiger partial charge in [0.2, 0.25) is 0 Å². The summed E-state index contributed by atoms with van der Waals surface area (Å²) in [4.78, 5) is 10.6. The van der Waals surface area contributed by atoms with Gasteiger partial charge in [-0.15, -0.1) is 0 Å². The maximum absolute atomic E-state index is 10.6. The van der Waals surface area contributed by atoms with Crippen LogP contribution in [-0.2, 0) is 9.53 Å². The van der Waals surface area contributed by atoms with Crippen LogP contribution in [0.4, 0.5) is 0 Å². The molecular weight excluding hydrogens is 140 g/mol. The molecule has 1 rings (SSSR count). The second-order valence-electron chi connectivity index (χ2n) is 3.65. The lowest BCUT2D eigenvalue weighted by molar-refractivity contribution is -0.139. The SMILES string of the molecule is CC(C)C(C)OC1CC(=O)C1. The minimum atomic E-state index is 0.222. The monoisotopic (exact) mass is 156 g/mol. The summed E-state index contributed by atoms with van der Waals surface area (Å²) in [6, 6.07) is 0. The van der Waals surface area contributed by atoms with Crippen LogP contribution in [0.3, 0.4) is 0 Å². The van der Waals surface area contributed by atoms with E-state index in [2.05, 4.69) is 20.8 Å². The number of hydrogen-bond acceptors (Lipinski definition) is 2. The topological polar surface area (TPSA) is 26.3 Å². The Morgan fingerprint density at radius 1 is 1.36 bits per heavy atom. The Bertz CT molecular complexity index is 144. The van der Waals surface area contributed by atoms with E-state index in [1.165, 1.54) is 0 Å². The fourth-order valence-corrected chi connectivity index (χ4v) is 1.01. The molecule has 2 heteroatoms. The quantitative estimate of drug-likeness (QED) is 0.622. The molecule has 2 nitrogen and oxygen atoms in total. The summed E-state index contributed by atoms with van der Waals surface area (Å²) in [6.45, 7) is 6.32. The van der Waals surface area contributed by atoms with Crippen molar-refractivity contribution < 1.29 is 9.53 Å². The predicted molar refractivity (Wildman–Crippen MR) is 43.4 cm³/mol. The lowest BCUT2D eigenvalue weighted by atomic mass is 9.93. The predicted octanol–water partition coefficient (Wildman–Crippen LogP) is 1.78. The number of ketones is 1. The van der Waals surface area contributed by atoms with Crippen molar-refractivity contribution in [2.24, 2.45) is 5.92 Å². The highest BCUT2D eigenvalue weighted by Crippen LogP contribution is 2.21. The van der Waals surface area contributed by atoms with Gasteiger partial charge in [0, 0.05) is 12.8 Å². The highest BCUT2D eigenvalue weighted by molar-refractivity contribution is 5.85. The van der Waals surface area contributed by atoms with Crippen molar-refractivity contribution in [3.63, 3.8) is 0 Å². The maximum atomic E-state index is 10.6. The molecule has 0 spiro atoms. The van der Waals surface area contributed by atoms with Gasteiger partial charge in [-0.2, -0.15) is 0 Å². The molecule has 1 aliphatic carbocycles. The molecule has 0 amide bonds. The molecule has 1 saturated carbocycles. The minimum Gasteiger partial charge on any atom is -0.374 e. The van der Waals surface area contributed by atoms with E-state index in [-0.39, 0.29) is 12.2 Å². The first-order valence-corrected chi connectivity index (χ1v) is 4.26. The largest absolute Gasteiger partial charge is 0.374 e. The van der Waals surface area contributed by atoms with E-state index >= 15 is 0 Å².